The summed E-state index contributed by atoms with van der Waals surface area (Å²) in [5, 5.41) is 9.46. The molecule has 0 aromatic carbocycles. The number of methoxy groups -OCH3 is 1. The molecule has 48 heavy (non-hydrogen) atoms. The average molecular weight is 658 g/mol. The highest BCUT2D eigenvalue weighted by molar-refractivity contribution is 5.94. The van der Waals surface area contributed by atoms with Crippen LogP contribution in [0.25, 0.3) is 11.3 Å². The van der Waals surface area contributed by atoms with Gasteiger partial charge in [-0.15, -0.1) is 0 Å². The standard InChI is InChI=1S/C37H47N5O6/c1-23-33(46-2)14-13-31(39-23)25-5-3-24(4-6-25)20-42(34-19-28(15-17-38-34)32-22-47-35(40-32)26-7-8-26)36(44)27-9-11-30(12-10-27)48-37(45)41-18-16-29(41)21-43/h13-15,17,19,22,24-27,29-30,43H,3-12,16,18,20-21H2,1-2H3/t24?,25?,27?,29-,30?/m1/s1. The van der Waals surface area contributed by atoms with Crippen molar-refractivity contribution in [1.82, 2.24) is 19.9 Å². The van der Waals surface area contributed by atoms with E-state index in [1.54, 1.807) is 24.5 Å². The highest BCUT2D eigenvalue weighted by Crippen LogP contribution is 2.41. The number of likely N-dealkylation sites (tertiary alicyclic amines) is 1. The number of aromatic nitrogens is 3. The number of carbonyl (C=O) groups is 2. The van der Waals surface area contributed by atoms with Crippen molar-refractivity contribution >= 4 is 17.8 Å². The fourth-order valence-electron chi connectivity index (χ4n) is 7.60. The molecule has 11 nitrogen and oxygen atoms in total. The molecule has 3 aliphatic carbocycles. The number of hydrogen-bond donors (Lipinski definition) is 1. The van der Waals surface area contributed by atoms with E-state index in [0.717, 1.165) is 79.2 Å². The Hall–Kier alpha value is -3.99. The van der Waals surface area contributed by atoms with E-state index in [0.29, 0.717) is 62.3 Å². The van der Waals surface area contributed by atoms with E-state index < -0.39 is 0 Å². The second kappa shape index (κ2) is 14.2. The molecule has 3 aromatic rings. The summed E-state index contributed by atoms with van der Waals surface area (Å²) in [7, 11) is 1.67. The van der Waals surface area contributed by atoms with Crippen LogP contribution in [0.5, 0.6) is 5.75 Å². The minimum atomic E-state index is -0.356. The SMILES string of the molecule is COc1ccc(C2CCC(CN(C(=O)C3CCC(OC(=O)N4CC[C@@H]4CO)CC3)c3cc(-c4coc(C5CC5)n4)ccn3)CC2)nc1C. The van der Waals surface area contributed by atoms with Gasteiger partial charge in [-0.1, -0.05) is 0 Å². The lowest BCUT2D eigenvalue weighted by molar-refractivity contribution is -0.124. The van der Waals surface area contributed by atoms with Gasteiger partial charge in [0.1, 0.15) is 29.6 Å². The number of aliphatic hydroxyl groups excluding tert-OH is 1. The van der Waals surface area contributed by atoms with E-state index in [1.165, 1.54) is 0 Å². The second-order valence-electron chi connectivity index (χ2n) is 14.1. The second-order valence-corrected chi connectivity index (χ2v) is 14.1. The van der Waals surface area contributed by atoms with E-state index in [1.807, 2.05) is 30.0 Å². The number of carbonyl (C=O) groups excluding carboxylic acids is 2. The number of pyridine rings is 2. The normalized spacial score (nSPS) is 25.6. The molecule has 4 heterocycles. The maximum Gasteiger partial charge on any atom is 0.410 e. The first-order chi connectivity index (χ1) is 23.4. The number of amides is 2. The Morgan fingerprint density at radius 1 is 0.979 bits per heavy atom. The Morgan fingerprint density at radius 2 is 1.75 bits per heavy atom. The fraction of sp³-hybridized carbons (Fsp3) is 0.595. The van der Waals surface area contributed by atoms with E-state index in [4.69, 9.17) is 28.8 Å². The summed E-state index contributed by atoms with van der Waals surface area (Å²) in [4.78, 5) is 44.8. The third-order valence-electron chi connectivity index (χ3n) is 10.9. The molecule has 256 valence electrons. The van der Waals surface area contributed by atoms with E-state index in [9.17, 15) is 14.7 Å². The number of aryl methyl sites for hydroxylation is 1. The van der Waals surface area contributed by atoms with Gasteiger partial charge in [0.15, 0.2) is 5.89 Å². The maximum atomic E-state index is 14.4. The van der Waals surface area contributed by atoms with Gasteiger partial charge < -0.3 is 23.9 Å². The highest BCUT2D eigenvalue weighted by Gasteiger charge is 2.37. The van der Waals surface area contributed by atoms with Gasteiger partial charge in [0, 0.05) is 48.3 Å². The molecule has 0 radical (unpaired) electrons. The van der Waals surface area contributed by atoms with Crippen molar-refractivity contribution < 1.29 is 28.6 Å². The molecule has 1 N–H and O–H groups in total. The first-order valence-electron chi connectivity index (χ1n) is 17.7. The molecule has 2 amide bonds. The van der Waals surface area contributed by atoms with Crippen LogP contribution >= 0.6 is 0 Å². The summed E-state index contributed by atoms with van der Waals surface area (Å²) in [5.74, 6) is 3.31. The molecular weight excluding hydrogens is 610 g/mol. The molecule has 1 atom stereocenters. The topological polar surface area (TPSA) is 131 Å². The van der Waals surface area contributed by atoms with E-state index in [-0.39, 0.29) is 36.7 Å². The number of oxazole rings is 1. The summed E-state index contributed by atoms with van der Waals surface area (Å²) in [6.45, 7) is 3.17. The van der Waals surface area contributed by atoms with Crippen LogP contribution in [0.15, 0.2) is 41.1 Å². The fourth-order valence-corrected chi connectivity index (χ4v) is 7.60. The summed E-state index contributed by atoms with van der Waals surface area (Å²) in [5.41, 5.74) is 3.69. The van der Waals surface area contributed by atoms with Crippen LogP contribution < -0.4 is 9.64 Å². The minimum absolute atomic E-state index is 0.0422. The average Bonchev–Trinajstić information content (AvgIpc) is 3.83. The molecule has 1 saturated heterocycles. The third kappa shape index (κ3) is 7.06. The van der Waals surface area contributed by atoms with Gasteiger partial charge in [-0.25, -0.2) is 14.8 Å². The Kier molecular flexibility index (Phi) is 9.66. The molecule has 3 aromatic heterocycles. The Balaban J connectivity index is 1.04. The molecule has 1 aliphatic heterocycles. The largest absolute Gasteiger partial charge is 0.495 e. The van der Waals surface area contributed by atoms with Crippen LogP contribution in [0.3, 0.4) is 0 Å². The highest BCUT2D eigenvalue weighted by atomic mass is 16.6. The van der Waals surface area contributed by atoms with Crippen LogP contribution in [0.2, 0.25) is 0 Å². The van der Waals surface area contributed by atoms with Gasteiger partial charge in [-0.2, -0.15) is 0 Å². The predicted octanol–water partition coefficient (Wildman–Crippen LogP) is 6.40. The van der Waals surface area contributed by atoms with Crippen molar-refractivity contribution in [3.8, 4) is 17.0 Å². The smallest absolute Gasteiger partial charge is 0.410 e. The van der Waals surface area contributed by atoms with Crippen molar-refractivity contribution in [3.63, 3.8) is 0 Å². The number of hydrogen-bond acceptors (Lipinski definition) is 9. The third-order valence-corrected chi connectivity index (χ3v) is 10.9. The zero-order valence-electron chi connectivity index (χ0n) is 28.1. The van der Waals surface area contributed by atoms with Crippen LogP contribution in [-0.2, 0) is 9.53 Å². The van der Waals surface area contributed by atoms with Crippen molar-refractivity contribution in [3.05, 3.63) is 54.0 Å². The number of nitrogens with zero attached hydrogens (tertiary/aromatic N) is 5. The zero-order valence-corrected chi connectivity index (χ0v) is 28.1. The quantitative estimate of drug-likeness (QED) is 0.263. The van der Waals surface area contributed by atoms with Gasteiger partial charge in [0.2, 0.25) is 5.91 Å². The van der Waals surface area contributed by atoms with Crippen molar-refractivity contribution in [1.29, 1.82) is 0 Å². The molecule has 11 heteroatoms. The molecule has 7 rings (SSSR count). The van der Waals surface area contributed by atoms with Gasteiger partial charge >= 0.3 is 6.09 Å². The van der Waals surface area contributed by atoms with Crippen molar-refractivity contribution in [2.45, 2.75) is 102 Å². The van der Waals surface area contributed by atoms with Gasteiger partial charge in [-0.05, 0) is 108 Å². The monoisotopic (exact) mass is 657 g/mol. The predicted molar refractivity (Wildman–Crippen MR) is 179 cm³/mol. The summed E-state index contributed by atoms with van der Waals surface area (Å²) in [6.07, 6.45) is 12.6. The van der Waals surface area contributed by atoms with Crippen LogP contribution in [-0.4, -0.2) is 75.9 Å². The number of anilines is 1. The molecule has 0 bridgehead atoms. The summed E-state index contributed by atoms with van der Waals surface area (Å²) < 4.78 is 17.0. The summed E-state index contributed by atoms with van der Waals surface area (Å²) in [6, 6.07) is 7.85. The lowest BCUT2D eigenvalue weighted by Crippen LogP contribution is -2.53. The molecule has 4 aliphatic rings. The number of aliphatic hydroxyl groups is 1. The van der Waals surface area contributed by atoms with Gasteiger partial charge in [0.05, 0.1) is 25.5 Å². The van der Waals surface area contributed by atoms with Crippen molar-refractivity contribution in [2.75, 3.05) is 31.7 Å². The Bertz CT molecular complexity index is 1590. The lowest BCUT2D eigenvalue weighted by atomic mass is 9.79. The molecule has 4 fully saturated rings. The Morgan fingerprint density at radius 3 is 2.42 bits per heavy atom. The van der Waals surface area contributed by atoms with Crippen LogP contribution in [0, 0.1) is 18.8 Å². The molecular formula is C37H47N5O6. The minimum Gasteiger partial charge on any atom is -0.495 e. The van der Waals surface area contributed by atoms with E-state index in [2.05, 4.69) is 6.07 Å². The zero-order chi connectivity index (χ0) is 33.2. The molecule has 3 saturated carbocycles. The van der Waals surface area contributed by atoms with Gasteiger partial charge in [0.25, 0.3) is 0 Å². The molecule has 0 spiro atoms. The number of rotatable bonds is 10. The van der Waals surface area contributed by atoms with E-state index >= 15 is 0 Å². The first kappa shape index (κ1) is 32.6. The van der Waals surface area contributed by atoms with Crippen LogP contribution in [0.4, 0.5) is 10.6 Å². The Labute approximate surface area is 282 Å². The number of ether oxygens (including phenoxy) is 2. The maximum absolute atomic E-state index is 14.4. The van der Waals surface area contributed by atoms with Crippen LogP contribution in [0.1, 0.15) is 99.7 Å². The van der Waals surface area contributed by atoms with Crippen molar-refractivity contribution in [2.24, 2.45) is 11.8 Å². The first-order valence-corrected chi connectivity index (χ1v) is 17.7. The summed E-state index contributed by atoms with van der Waals surface area (Å²) >= 11 is 0. The lowest BCUT2D eigenvalue weighted by Gasteiger charge is -2.40. The molecule has 0 unspecified atom stereocenters. The van der Waals surface area contributed by atoms with Gasteiger partial charge in [-0.3, -0.25) is 14.7 Å².